The molecular formula is C16H22N4O. The second-order valence-electron chi connectivity index (χ2n) is 5.09. The quantitative estimate of drug-likeness (QED) is 0.887. The topological polar surface area (TPSA) is 72.9 Å². The van der Waals surface area contributed by atoms with Gasteiger partial charge < -0.3 is 11.1 Å². The molecule has 0 aliphatic rings. The first-order valence-corrected chi connectivity index (χ1v) is 7.28. The van der Waals surface area contributed by atoms with Crippen LogP contribution in [0.4, 0.5) is 11.4 Å². The van der Waals surface area contributed by atoms with E-state index in [9.17, 15) is 4.79 Å². The van der Waals surface area contributed by atoms with Crippen LogP contribution >= 0.6 is 0 Å². The van der Waals surface area contributed by atoms with Gasteiger partial charge in [-0.25, -0.2) is 0 Å². The summed E-state index contributed by atoms with van der Waals surface area (Å²) in [7, 11) is 1.73. The number of hydrogen-bond donors (Lipinski definition) is 2. The minimum absolute atomic E-state index is 0.231. The number of nitrogen functional groups attached to an aromatic ring is 1. The molecule has 0 saturated carbocycles. The highest BCUT2D eigenvalue weighted by molar-refractivity contribution is 6.06. The van der Waals surface area contributed by atoms with Crippen LogP contribution in [0.2, 0.25) is 0 Å². The van der Waals surface area contributed by atoms with E-state index in [-0.39, 0.29) is 5.91 Å². The number of nitrogens with one attached hydrogen (secondary N) is 1. The summed E-state index contributed by atoms with van der Waals surface area (Å²) in [5.41, 5.74) is 9.63. The molecule has 0 atom stereocenters. The molecule has 0 aliphatic carbocycles. The summed E-state index contributed by atoms with van der Waals surface area (Å²) in [5.74, 6) is -0.231. The number of aryl methyl sites for hydroxylation is 3. The summed E-state index contributed by atoms with van der Waals surface area (Å²) >= 11 is 0. The fraction of sp³-hybridized carbons (Fsp3) is 0.375. The fourth-order valence-electron chi connectivity index (χ4n) is 2.36. The molecule has 0 fully saturated rings. The van der Waals surface area contributed by atoms with Crippen LogP contribution in [0.5, 0.6) is 0 Å². The highest BCUT2D eigenvalue weighted by Gasteiger charge is 2.19. The average Bonchev–Trinajstić information content (AvgIpc) is 2.75. The van der Waals surface area contributed by atoms with Crippen molar-refractivity contribution in [2.45, 2.75) is 33.1 Å². The highest BCUT2D eigenvalue weighted by Crippen LogP contribution is 2.19. The molecule has 0 bridgehead atoms. The van der Waals surface area contributed by atoms with Crippen LogP contribution in [0, 0.1) is 0 Å². The van der Waals surface area contributed by atoms with Crippen LogP contribution in [-0.2, 0) is 19.9 Å². The molecule has 2 aromatic rings. The Balaban J connectivity index is 2.16. The molecule has 0 radical (unpaired) electrons. The van der Waals surface area contributed by atoms with Crippen molar-refractivity contribution in [3.05, 3.63) is 41.2 Å². The van der Waals surface area contributed by atoms with E-state index in [1.807, 2.05) is 31.2 Å². The summed E-state index contributed by atoms with van der Waals surface area (Å²) in [6.07, 6.45) is 2.86. The average molecular weight is 286 g/mol. The number of carbonyl (C=O) groups excluding carboxylic acids is 1. The molecule has 1 heterocycles. The van der Waals surface area contributed by atoms with Crippen molar-refractivity contribution < 1.29 is 4.79 Å². The predicted octanol–water partition coefficient (Wildman–Crippen LogP) is 2.77. The number of anilines is 2. The molecule has 21 heavy (non-hydrogen) atoms. The van der Waals surface area contributed by atoms with Crippen molar-refractivity contribution in [2.24, 2.45) is 7.05 Å². The molecule has 3 N–H and O–H groups in total. The second kappa shape index (κ2) is 6.43. The fourth-order valence-corrected chi connectivity index (χ4v) is 2.36. The number of rotatable bonds is 5. The maximum atomic E-state index is 12.3. The third kappa shape index (κ3) is 3.24. The largest absolute Gasteiger partial charge is 0.395 e. The Morgan fingerprint density at radius 1 is 1.29 bits per heavy atom. The van der Waals surface area contributed by atoms with Crippen molar-refractivity contribution in [3.63, 3.8) is 0 Å². The van der Waals surface area contributed by atoms with Gasteiger partial charge in [0, 0.05) is 12.7 Å². The summed E-state index contributed by atoms with van der Waals surface area (Å²) < 4.78 is 1.54. The van der Waals surface area contributed by atoms with E-state index in [0.29, 0.717) is 17.8 Å². The first-order chi connectivity index (χ1) is 10.1. The van der Waals surface area contributed by atoms with Gasteiger partial charge in [-0.3, -0.25) is 9.48 Å². The SMILES string of the molecule is CCCc1ccc(NC(=O)c2c(N)c(CC)nn2C)cc1. The van der Waals surface area contributed by atoms with Gasteiger partial charge in [0.2, 0.25) is 0 Å². The highest BCUT2D eigenvalue weighted by atomic mass is 16.2. The number of aromatic nitrogens is 2. The molecular weight excluding hydrogens is 264 g/mol. The molecule has 112 valence electrons. The van der Waals surface area contributed by atoms with Gasteiger partial charge in [-0.15, -0.1) is 0 Å². The summed E-state index contributed by atoms with van der Waals surface area (Å²) in [4.78, 5) is 12.3. The third-order valence-corrected chi connectivity index (χ3v) is 3.46. The normalized spacial score (nSPS) is 10.6. The summed E-state index contributed by atoms with van der Waals surface area (Å²) in [6.45, 7) is 4.11. The number of nitrogens with zero attached hydrogens (tertiary/aromatic N) is 2. The minimum Gasteiger partial charge on any atom is -0.395 e. The zero-order chi connectivity index (χ0) is 15.4. The lowest BCUT2D eigenvalue weighted by molar-refractivity contribution is 0.101. The Kier molecular flexibility index (Phi) is 4.62. The van der Waals surface area contributed by atoms with Crippen molar-refractivity contribution in [1.82, 2.24) is 9.78 Å². The van der Waals surface area contributed by atoms with Gasteiger partial charge in [0.15, 0.2) is 0 Å². The number of hydrogen-bond acceptors (Lipinski definition) is 3. The van der Waals surface area contributed by atoms with Gasteiger partial charge in [0.1, 0.15) is 5.69 Å². The molecule has 1 amide bonds. The van der Waals surface area contributed by atoms with E-state index in [1.165, 1.54) is 10.2 Å². The van der Waals surface area contributed by atoms with E-state index >= 15 is 0 Å². The van der Waals surface area contributed by atoms with Crippen LogP contribution in [0.1, 0.15) is 42.0 Å². The molecule has 0 saturated heterocycles. The number of amides is 1. The molecule has 0 spiro atoms. The van der Waals surface area contributed by atoms with Crippen LogP contribution in [0.25, 0.3) is 0 Å². The van der Waals surface area contributed by atoms with E-state index in [2.05, 4.69) is 17.3 Å². The molecule has 5 heteroatoms. The number of benzene rings is 1. The second-order valence-corrected chi connectivity index (χ2v) is 5.09. The van der Waals surface area contributed by atoms with Crippen LogP contribution < -0.4 is 11.1 Å². The standard InChI is InChI=1S/C16H22N4O/c1-4-6-11-7-9-12(10-8-11)18-16(21)15-14(17)13(5-2)19-20(15)3/h7-10H,4-6,17H2,1-3H3,(H,18,21). The van der Waals surface area contributed by atoms with Gasteiger partial charge >= 0.3 is 0 Å². The monoisotopic (exact) mass is 286 g/mol. The van der Waals surface area contributed by atoms with Crippen molar-refractivity contribution in [3.8, 4) is 0 Å². The first-order valence-electron chi connectivity index (χ1n) is 7.28. The minimum atomic E-state index is -0.231. The first kappa shape index (κ1) is 15.1. The Bertz CT molecular complexity index is 628. The van der Waals surface area contributed by atoms with Gasteiger partial charge in [-0.1, -0.05) is 32.4 Å². The number of nitrogens with two attached hydrogens (primary N) is 1. The van der Waals surface area contributed by atoms with Gasteiger partial charge in [-0.05, 0) is 30.5 Å². The van der Waals surface area contributed by atoms with Gasteiger partial charge in [0.05, 0.1) is 11.4 Å². The lowest BCUT2D eigenvalue weighted by Crippen LogP contribution is -2.17. The van der Waals surface area contributed by atoms with Crippen molar-refractivity contribution in [2.75, 3.05) is 11.1 Å². The maximum Gasteiger partial charge on any atom is 0.276 e. The summed E-state index contributed by atoms with van der Waals surface area (Å²) in [6, 6.07) is 7.89. The Hall–Kier alpha value is -2.30. The molecule has 1 aromatic carbocycles. The Labute approximate surface area is 125 Å². The summed E-state index contributed by atoms with van der Waals surface area (Å²) in [5, 5.41) is 7.13. The van der Waals surface area contributed by atoms with Gasteiger partial charge in [-0.2, -0.15) is 5.10 Å². The zero-order valence-electron chi connectivity index (χ0n) is 12.8. The lowest BCUT2D eigenvalue weighted by atomic mass is 10.1. The van der Waals surface area contributed by atoms with E-state index in [4.69, 9.17) is 5.73 Å². The van der Waals surface area contributed by atoms with E-state index in [1.54, 1.807) is 7.05 Å². The molecule has 0 aliphatic heterocycles. The molecule has 0 unspecified atom stereocenters. The van der Waals surface area contributed by atoms with E-state index in [0.717, 1.165) is 24.2 Å². The molecule has 2 rings (SSSR count). The predicted molar refractivity (Wildman–Crippen MR) is 85.4 cm³/mol. The van der Waals surface area contributed by atoms with Crippen molar-refractivity contribution in [1.29, 1.82) is 0 Å². The zero-order valence-corrected chi connectivity index (χ0v) is 12.8. The Morgan fingerprint density at radius 3 is 2.48 bits per heavy atom. The van der Waals surface area contributed by atoms with E-state index < -0.39 is 0 Å². The van der Waals surface area contributed by atoms with Crippen molar-refractivity contribution >= 4 is 17.3 Å². The molecule has 1 aromatic heterocycles. The lowest BCUT2D eigenvalue weighted by Gasteiger charge is -2.07. The maximum absolute atomic E-state index is 12.3. The van der Waals surface area contributed by atoms with Gasteiger partial charge in [0.25, 0.3) is 5.91 Å². The molecule has 5 nitrogen and oxygen atoms in total. The van der Waals surface area contributed by atoms with Crippen LogP contribution in [-0.4, -0.2) is 15.7 Å². The van der Waals surface area contributed by atoms with Crippen LogP contribution in [0.15, 0.2) is 24.3 Å². The smallest absolute Gasteiger partial charge is 0.276 e. The third-order valence-electron chi connectivity index (χ3n) is 3.46. The van der Waals surface area contributed by atoms with Crippen LogP contribution in [0.3, 0.4) is 0 Å². The Morgan fingerprint density at radius 2 is 1.95 bits per heavy atom. The number of carbonyl (C=O) groups is 1.